The van der Waals surface area contributed by atoms with E-state index in [0.29, 0.717) is 44.5 Å². The molecule has 0 aliphatic heterocycles. The Morgan fingerprint density at radius 1 is 0.491 bits per heavy atom. The van der Waals surface area contributed by atoms with Crippen molar-refractivity contribution in [2.24, 2.45) is 5.41 Å². The molecule has 4 aromatic rings. The third-order valence-electron chi connectivity index (χ3n) is 11.1. The van der Waals surface area contributed by atoms with Gasteiger partial charge >= 0.3 is 5.97 Å². The molecule has 0 aliphatic carbocycles. The number of hydrogen-bond donors (Lipinski definition) is 7. The first-order valence-corrected chi connectivity index (χ1v) is 19.5. The van der Waals surface area contributed by atoms with E-state index in [2.05, 4.69) is 0 Å². The minimum Gasteiger partial charge on any atom is -0.508 e. The number of hydrogen-bond acceptors (Lipinski definition) is 9. The number of benzene rings is 4. The normalized spacial score (nSPS) is 13.3. The number of carbonyl (C=O) groups excluding carboxylic acids is 1. The molecule has 0 saturated heterocycles. The van der Waals surface area contributed by atoms with E-state index in [0.717, 1.165) is 0 Å². The van der Waals surface area contributed by atoms with Gasteiger partial charge in [-0.2, -0.15) is 0 Å². The molecule has 0 unspecified atom stereocenters. The molecule has 0 aliphatic rings. The van der Waals surface area contributed by atoms with Crippen LogP contribution in [0.1, 0.15) is 134 Å². The second kappa shape index (κ2) is 16.0. The van der Waals surface area contributed by atoms with Gasteiger partial charge in [-0.15, -0.1) is 0 Å². The molecule has 57 heavy (non-hydrogen) atoms. The van der Waals surface area contributed by atoms with Crippen LogP contribution in [0.15, 0.2) is 72.8 Å². The van der Waals surface area contributed by atoms with Crippen LogP contribution in [0.3, 0.4) is 0 Å². The molecule has 0 radical (unpaired) electrons. The van der Waals surface area contributed by atoms with Gasteiger partial charge in [0.05, 0.1) is 25.2 Å². The molecule has 310 valence electrons. The summed E-state index contributed by atoms with van der Waals surface area (Å²) < 4.78 is 6.29. The van der Waals surface area contributed by atoms with Gasteiger partial charge in [0, 0.05) is 5.92 Å². The highest BCUT2D eigenvalue weighted by Crippen LogP contribution is 2.54. The van der Waals surface area contributed by atoms with Gasteiger partial charge in [-0.25, -0.2) is 0 Å². The number of esters is 1. The van der Waals surface area contributed by atoms with Crippen molar-refractivity contribution in [3.63, 3.8) is 0 Å². The first-order valence-electron chi connectivity index (χ1n) is 19.5. The van der Waals surface area contributed by atoms with E-state index in [1.807, 2.05) is 95.2 Å². The molecular formula is C48H64O9. The zero-order valence-corrected chi connectivity index (χ0v) is 35.8. The van der Waals surface area contributed by atoms with Crippen LogP contribution in [0.4, 0.5) is 0 Å². The van der Waals surface area contributed by atoms with Crippen LogP contribution in [0, 0.1) is 5.41 Å². The number of aliphatic hydroxyl groups is 3. The van der Waals surface area contributed by atoms with Gasteiger partial charge in [-0.1, -0.05) is 132 Å². The van der Waals surface area contributed by atoms with E-state index < -0.39 is 70.8 Å². The zero-order chi connectivity index (χ0) is 43.1. The van der Waals surface area contributed by atoms with Gasteiger partial charge in [-0.3, -0.25) is 4.79 Å². The highest BCUT2D eigenvalue weighted by atomic mass is 16.5. The lowest BCUT2D eigenvalue weighted by molar-refractivity contribution is -0.157. The first-order chi connectivity index (χ1) is 26.2. The van der Waals surface area contributed by atoms with Crippen molar-refractivity contribution in [3.8, 4) is 23.0 Å². The molecule has 0 bridgehead atoms. The molecule has 0 amide bonds. The van der Waals surface area contributed by atoms with E-state index >= 15 is 4.79 Å². The minimum atomic E-state index is -1.88. The Labute approximate surface area is 338 Å². The Bertz CT molecular complexity index is 1930. The monoisotopic (exact) mass is 784 g/mol. The molecule has 7 N–H and O–H groups in total. The molecule has 0 spiro atoms. The maximum atomic E-state index is 15.9. The van der Waals surface area contributed by atoms with E-state index in [1.165, 1.54) is 0 Å². The molecule has 4 aromatic carbocycles. The summed E-state index contributed by atoms with van der Waals surface area (Å²) >= 11 is 0. The summed E-state index contributed by atoms with van der Waals surface area (Å²) in [5, 5.41) is 76.3. The smallest absolute Gasteiger partial charge is 0.322 e. The van der Waals surface area contributed by atoms with E-state index in [9.17, 15) is 35.7 Å². The highest BCUT2D eigenvalue weighted by Gasteiger charge is 2.53. The lowest BCUT2D eigenvalue weighted by Crippen LogP contribution is -2.48. The molecule has 4 rings (SSSR count). The summed E-state index contributed by atoms with van der Waals surface area (Å²) in [7, 11) is 0. The van der Waals surface area contributed by atoms with Crippen molar-refractivity contribution in [2.75, 3.05) is 26.4 Å². The Morgan fingerprint density at radius 3 is 1.09 bits per heavy atom. The van der Waals surface area contributed by atoms with Crippen LogP contribution in [0.5, 0.6) is 23.0 Å². The van der Waals surface area contributed by atoms with Crippen LogP contribution in [-0.2, 0) is 36.6 Å². The summed E-state index contributed by atoms with van der Waals surface area (Å²) in [4.78, 5) is 15.9. The third kappa shape index (κ3) is 8.96. The average molecular weight is 785 g/mol. The quantitative estimate of drug-likeness (QED) is 0.0740. The van der Waals surface area contributed by atoms with Crippen molar-refractivity contribution >= 4 is 5.97 Å². The number of aliphatic hydroxyl groups excluding tert-OH is 3. The fraction of sp³-hybridized carbons (Fsp3) is 0.479. The van der Waals surface area contributed by atoms with E-state index in [4.69, 9.17) is 4.74 Å². The van der Waals surface area contributed by atoms with E-state index in [-0.39, 0.29) is 23.0 Å². The van der Waals surface area contributed by atoms with Crippen LogP contribution in [-0.4, -0.2) is 68.1 Å². The highest BCUT2D eigenvalue weighted by molar-refractivity contribution is 5.91. The van der Waals surface area contributed by atoms with Crippen molar-refractivity contribution < 1.29 is 45.3 Å². The molecule has 9 heteroatoms. The predicted octanol–water partition coefficient (Wildman–Crippen LogP) is 8.32. The van der Waals surface area contributed by atoms with Crippen LogP contribution < -0.4 is 0 Å². The maximum absolute atomic E-state index is 15.9. The summed E-state index contributed by atoms with van der Waals surface area (Å²) in [5.74, 6) is -1.63. The van der Waals surface area contributed by atoms with Gasteiger partial charge in [0.1, 0.15) is 35.0 Å². The molecule has 0 atom stereocenters. The van der Waals surface area contributed by atoms with Gasteiger partial charge in [0.15, 0.2) is 0 Å². The Kier molecular flexibility index (Phi) is 12.7. The van der Waals surface area contributed by atoms with Gasteiger partial charge in [0.2, 0.25) is 0 Å². The average Bonchev–Trinajstić information content (AvgIpc) is 3.11. The fourth-order valence-corrected chi connectivity index (χ4v) is 7.60. The van der Waals surface area contributed by atoms with Crippen molar-refractivity contribution in [2.45, 2.75) is 116 Å². The lowest BCUT2D eigenvalue weighted by atomic mass is 9.59. The topological polar surface area (TPSA) is 168 Å². The minimum absolute atomic E-state index is 0.0188. The molecule has 0 saturated carbocycles. The maximum Gasteiger partial charge on any atom is 0.322 e. The molecule has 0 aromatic heterocycles. The van der Waals surface area contributed by atoms with Crippen LogP contribution >= 0.6 is 0 Å². The number of aromatic hydroxyl groups is 4. The van der Waals surface area contributed by atoms with Gasteiger partial charge in [-0.05, 0) is 90.4 Å². The number of carbonyl (C=O) groups is 1. The standard InChI is InChI=1S/C48H64O9/c1-43(2,3)33-21-29(13-17-37(33)52)41(30-14-18-38(53)34(22-30)44(4,5)6)48(42(56)57-28-47(25-49,26-50)27-51,31-15-19-39(54)35(23-31)45(7,8)9)32-16-20-40(55)36(24-32)46(10,11)12/h13-24,41,49-55H,25-28H2,1-12H3. The molecule has 9 nitrogen and oxygen atoms in total. The predicted molar refractivity (Wildman–Crippen MR) is 224 cm³/mol. The molecular weight excluding hydrogens is 721 g/mol. The summed E-state index contributed by atoms with van der Waals surface area (Å²) in [6.45, 7) is 21.0. The third-order valence-corrected chi connectivity index (χ3v) is 11.1. The van der Waals surface area contributed by atoms with Crippen molar-refractivity contribution in [3.05, 3.63) is 117 Å². The van der Waals surface area contributed by atoms with Crippen molar-refractivity contribution in [1.29, 1.82) is 0 Å². The van der Waals surface area contributed by atoms with Crippen LogP contribution in [0.2, 0.25) is 0 Å². The summed E-state index contributed by atoms with van der Waals surface area (Å²) in [6.07, 6.45) is 0. The van der Waals surface area contributed by atoms with Crippen molar-refractivity contribution in [1.82, 2.24) is 0 Å². The largest absolute Gasteiger partial charge is 0.508 e. The van der Waals surface area contributed by atoms with Gasteiger partial charge < -0.3 is 40.5 Å². The summed E-state index contributed by atoms with van der Waals surface area (Å²) in [6, 6.07) is 20.5. The summed E-state index contributed by atoms with van der Waals surface area (Å²) in [5.41, 5.74) is -1.39. The Hall–Kier alpha value is -4.57. The molecule has 0 fully saturated rings. The lowest BCUT2D eigenvalue weighted by Gasteiger charge is -2.43. The van der Waals surface area contributed by atoms with Gasteiger partial charge in [0.25, 0.3) is 0 Å². The Balaban J connectivity index is 2.40. The fourth-order valence-electron chi connectivity index (χ4n) is 7.60. The zero-order valence-electron chi connectivity index (χ0n) is 35.8. The first kappa shape index (κ1) is 45.1. The van der Waals surface area contributed by atoms with E-state index in [1.54, 1.807) is 60.7 Å². The number of ether oxygens (including phenoxy) is 1. The number of rotatable bonds is 11. The van der Waals surface area contributed by atoms with Crippen LogP contribution in [0.25, 0.3) is 0 Å². The second-order valence-electron chi connectivity index (χ2n) is 19.8. The second-order valence-corrected chi connectivity index (χ2v) is 19.8. The Morgan fingerprint density at radius 2 is 0.789 bits per heavy atom. The SMILES string of the molecule is CC(C)(C)c1cc(C(c2ccc(O)c(C(C)(C)C)c2)C(C(=O)OCC(CO)(CO)CO)(c2ccc(O)c(C(C)(C)C)c2)c2ccc(O)c(C(C)(C)C)c2)ccc1O. The number of phenols is 4. The number of phenolic OH excluding ortho intramolecular Hbond substituents is 4. The molecule has 0 heterocycles.